The van der Waals surface area contributed by atoms with Crippen LogP contribution in [0.3, 0.4) is 0 Å². The molecule has 0 bridgehead atoms. The van der Waals surface area contributed by atoms with E-state index in [0.717, 1.165) is 23.1 Å². The van der Waals surface area contributed by atoms with E-state index in [0.29, 0.717) is 0 Å². The molecule has 10 heavy (non-hydrogen) atoms. The normalized spacial score (nSPS) is 13.0. The third kappa shape index (κ3) is 8.40. The predicted molar refractivity (Wildman–Crippen MR) is 52.6 cm³/mol. The van der Waals surface area contributed by atoms with Crippen LogP contribution in [0.1, 0.15) is 39.0 Å². The van der Waals surface area contributed by atoms with Crippen LogP contribution < -0.4 is 0 Å². The number of rotatable bonds is 6. The molecule has 0 amide bonds. The van der Waals surface area contributed by atoms with Crippen molar-refractivity contribution in [2.24, 2.45) is 0 Å². The summed E-state index contributed by atoms with van der Waals surface area (Å²) < 4.78 is 0.786. The summed E-state index contributed by atoms with van der Waals surface area (Å²) >= 11 is 2.43. The van der Waals surface area contributed by atoms with Crippen molar-refractivity contribution < 1.29 is 4.79 Å². The fraction of sp³-hybridized carbons (Fsp3) is 0.875. The summed E-state index contributed by atoms with van der Waals surface area (Å²) in [6, 6.07) is 0. The van der Waals surface area contributed by atoms with E-state index in [-0.39, 0.29) is 0 Å². The first kappa shape index (κ1) is 10.4. The Morgan fingerprint density at radius 2 is 2.10 bits per heavy atom. The SMILES string of the molecule is CC(I)CCCCCC=O. The first-order valence-electron chi connectivity index (χ1n) is 3.85. The Labute approximate surface area is 76.7 Å². The molecule has 0 fully saturated rings. The van der Waals surface area contributed by atoms with Crippen LogP contribution in [0, 0.1) is 0 Å². The lowest BCUT2D eigenvalue weighted by Gasteiger charge is -2.00. The molecular weight excluding hydrogens is 239 g/mol. The summed E-state index contributed by atoms with van der Waals surface area (Å²) in [6.07, 6.45) is 6.61. The van der Waals surface area contributed by atoms with Crippen molar-refractivity contribution >= 4 is 28.9 Å². The van der Waals surface area contributed by atoms with Crippen molar-refractivity contribution in [1.29, 1.82) is 0 Å². The van der Waals surface area contributed by atoms with Crippen molar-refractivity contribution in [2.45, 2.75) is 43.0 Å². The zero-order valence-corrected chi connectivity index (χ0v) is 8.63. The molecule has 0 aliphatic heterocycles. The van der Waals surface area contributed by atoms with E-state index in [2.05, 4.69) is 29.5 Å². The molecule has 1 nitrogen and oxygen atoms in total. The first-order chi connectivity index (χ1) is 4.77. The molecular formula is C8H15IO. The van der Waals surface area contributed by atoms with Gasteiger partial charge in [-0.1, -0.05) is 42.4 Å². The first-order valence-corrected chi connectivity index (χ1v) is 5.09. The number of hydrogen-bond donors (Lipinski definition) is 0. The second-order valence-corrected chi connectivity index (χ2v) is 4.71. The van der Waals surface area contributed by atoms with Gasteiger partial charge in [0.2, 0.25) is 0 Å². The van der Waals surface area contributed by atoms with Gasteiger partial charge in [-0.25, -0.2) is 0 Å². The minimum atomic E-state index is 0.746. The number of halogens is 1. The van der Waals surface area contributed by atoms with Gasteiger partial charge in [-0.15, -0.1) is 0 Å². The quantitative estimate of drug-likeness (QED) is 0.308. The smallest absolute Gasteiger partial charge is 0.119 e. The second-order valence-electron chi connectivity index (χ2n) is 2.59. The molecule has 0 radical (unpaired) electrons. The zero-order chi connectivity index (χ0) is 7.82. The summed E-state index contributed by atoms with van der Waals surface area (Å²) in [5.74, 6) is 0. The molecule has 0 saturated heterocycles. The Kier molecular flexibility index (Phi) is 7.81. The van der Waals surface area contributed by atoms with Gasteiger partial charge in [-0.3, -0.25) is 0 Å². The lowest BCUT2D eigenvalue weighted by Crippen LogP contribution is -1.89. The molecule has 0 aromatic rings. The van der Waals surface area contributed by atoms with Crippen LogP contribution in [0.25, 0.3) is 0 Å². The Balaban J connectivity index is 2.83. The van der Waals surface area contributed by atoms with E-state index >= 15 is 0 Å². The molecule has 2 heteroatoms. The van der Waals surface area contributed by atoms with Crippen LogP contribution in [-0.4, -0.2) is 10.2 Å². The number of unbranched alkanes of at least 4 members (excludes halogenated alkanes) is 3. The van der Waals surface area contributed by atoms with Gasteiger partial charge in [-0.2, -0.15) is 0 Å². The van der Waals surface area contributed by atoms with Gasteiger partial charge >= 0.3 is 0 Å². The minimum Gasteiger partial charge on any atom is -0.303 e. The maximum absolute atomic E-state index is 9.90. The Bertz CT molecular complexity index is 81.3. The zero-order valence-electron chi connectivity index (χ0n) is 6.48. The molecule has 0 heterocycles. The lowest BCUT2D eigenvalue weighted by molar-refractivity contribution is -0.107. The maximum atomic E-state index is 9.90. The lowest BCUT2D eigenvalue weighted by atomic mass is 10.1. The Hall–Kier alpha value is 0.400. The van der Waals surface area contributed by atoms with E-state index in [1.807, 2.05) is 0 Å². The highest BCUT2D eigenvalue weighted by atomic mass is 127. The van der Waals surface area contributed by atoms with E-state index in [1.54, 1.807) is 0 Å². The van der Waals surface area contributed by atoms with E-state index < -0.39 is 0 Å². The fourth-order valence-electron chi connectivity index (χ4n) is 0.830. The van der Waals surface area contributed by atoms with E-state index in [1.165, 1.54) is 19.3 Å². The van der Waals surface area contributed by atoms with E-state index in [9.17, 15) is 4.79 Å². The average molecular weight is 254 g/mol. The highest BCUT2D eigenvalue weighted by Crippen LogP contribution is 2.10. The summed E-state index contributed by atoms with van der Waals surface area (Å²) in [5.41, 5.74) is 0. The van der Waals surface area contributed by atoms with Crippen LogP contribution in [0.15, 0.2) is 0 Å². The standard InChI is InChI=1S/C8H15IO/c1-8(9)6-4-2-3-5-7-10/h7-8H,2-6H2,1H3. The summed E-state index contributed by atoms with van der Waals surface area (Å²) in [4.78, 5) is 9.90. The number of alkyl halides is 1. The van der Waals surface area contributed by atoms with E-state index in [4.69, 9.17) is 0 Å². The maximum Gasteiger partial charge on any atom is 0.119 e. The molecule has 0 rings (SSSR count). The molecule has 0 aliphatic rings. The number of carbonyl (C=O) groups is 1. The fourth-order valence-corrected chi connectivity index (χ4v) is 1.27. The summed E-state index contributed by atoms with van der Waals surface area (Å²) in [5, 5.41) is 0. The van der Waals surface area contributed by atoms with Crippen molar-refractivity contribution in [3.05, 3.63) is 0 Å². The van der Waals surface area contributed by atoms with Crippen LogP contribution >= 0.6 is 22.6 Å². The molecule has 0 aromatic carbocycles. The van der Waals surface area contributed by atoms with Crippen molar-refractivity contribution in [2.75, 3.05) is 0 Å². The predicted octanol–water partition coefficient (Wildman–Crippen LogP) is 2.96. The monoisotopic (exact) mass is 254 g/mol. The minimum absolute atomic E-state index is 0.746. The molecule has 0 saturated carbocycles. The highest BCUT2D eigenvalue weighted by molar-refractivity contribution is 14.1. The summed E-state index contributed by atoms with van der Waals surface area (Å²) in [6.45, 7) is 2.22. The number of aldehydes is 1. The largest absolute Gasteiger partial charge is 0.303 e. The Morgan fingerprint density at radius 3 is 2.60 bits per heavy atom. The molecule has 60 valence electrons. The number of hydrogen-bond acceptors (Lipinski definition) is 1. The van der Waals surface area contributed by atoms with Gasteiger partial charge in [0.05, 0.1) is 0 Å². The average Bonchev–Trinajstić information content (AvgIpc) is 1.87. The van der Waals surface area contributed by atoms with Crippen molar-refractivity contribution in [1.82, 2.24) is 0 Å². The van der Waals surface area contributed by atoms with Crippen LogP contribution in [-0.2, 0) is 4.79 Å². The van der Waals surface area contributed by atoms with Crippen molar-refractivity contribution in [3.8, 4) is 0 Å². The molecule has 0 aromatic heterocycles. The van der Waals surface area contributed by atoms with Gasteiger partial charge < -0.3 is 4.79 Å². The van der Waals surface area contributed by atoms with Gasteiger partial charge in [0, 0.05) is 10.3 Å². The third-order valence-corrected chi connectivity index (χ3v) is 2.05. The molecule has 1 unspecified atom stereocenters. The topological polar surface area (TPSA) is 17.1 Å². The van der Waals surface area contributed by atoms with Gasteiger partial charge in [0.1, 0.15) is 6.29 Å². The van der Waals surface area contributed by atoms with Gasteiger partial charge in [0.25, 0.3) is 0 Å². The molecule has 0 aliphatic carbocycles. The summed E-state index contributed by atoms with van der Waals surface area (Å²) in [7, 11) is 0. The van der Waals surface area contributed by atoms with Crippen LogP contribution in [0.5, 0.6) is 0 Å². The van der Waals surface area contributed by atoms with Crippen LogP contribution in [0.4, 0.5) is 0 Å². The molecule has 0 N–H and O–H groups in total. The Morgan fingerprint density at radius 1 is 1.40 bits per heavy atom. The van der Waals surface area contributed by atoms with Crippen molar-refractivity contribution in [3.63, 3.8) is 0 Å². The third-order valence-electron chi connectivity index (χ3n) is 1.42. The highest BCUT2D eigenvalue weighted by Gasteiger charge is 1.94. The van der Waals surface area contributed by atoms with Gasteiger partial charge in [-0.05, 0) is 12.8 Å². The number of carbonyl (C=O) groups excluding carboxylic acids is 1. The molecule has 1 atom stereocenters. The van der Waals surface area contributed by atoms with Crippen LogP contribution in [0.2, 0.25) is 0 Å². The molecule has 0 spiro atoms. The van der Waals surface area contributed by atoms with Gasteiger partial charge in [0.15, 0.2) is 0 Å². The second kappa shape index (κ2) is 7.51.